The number of para-hydroxylation sites is 1. The van der Waals surface area contributed by atoms with Crippen molar-refractivity contribution in [1.82, 2.24) is 20.5 Å². The summed E-state index contributed by atoms with van der Waals surface area (Å²) in [6.07, 6.45) is 5.12. The number of H-pyrrole nitrogens is 1. The summed E-state index contributed by atoms with van der Waals surface area (Å²) in [6.45, 7) is -0.377. The Hall–Kier alpha value is -3.34. The highest BCUT2D eigenvalue weighted by atomic mass is 16.2. The molecule has 1 aromatic carbocycles. The molecule has 8 nitrogen and oxygen atoms in total. The molecule has 1 aromatic heterocycles. The minimum atomic E-state index is -0.875. The van der Waals surface area contributed by atoms with E-state index >= 15 is 0 Å². The molecule has 144 valence electrons. The Morgan fingerprint density at radius 3 is 2.79 bits per heavy atom. The lowest BCUT2D eigenvalue weighted by molar-refractivity contribution is -0.132. The van der Waals surface area contributed by atoms with Gasteiger partial charge in [0.2, 0.25) is 5.91 Å². The number of carbonyl (C=O) groups is 3. The van der Waals surface area contributed by atoms with Gasteiger partial charge in [-0.15, -0.1) is 0 Å². The molecular formula is C20H21N5O3. The molecule has 1 aliphatic carbocycles. The molecular weight excluding hydrogens is 358 g/mol. The minimum Gasteiger partial charge on any atom is -0.361 e. The molecule has 28 heavy (non-hydrogen) atoms. The minimum absolute atomic E-state index is 0.342. The molecule has 2 heterocycles. The number of imide groups is 1. The maximum atomic E-state index is 12.7. The number of nitrogens with one attached hydrogen (secondary N) is 3. The molecule has 4 amide bonds. The van der Waals surface area contributed by atoms with Crippen LogP contribution in [0.25, 0.3) is 10.9 Å². The first kappa shape index (κ1) is 18.0. The molecule has 1 atom stereocenters. The van der Waals surface area contributed by atoms with Crippen LogP contribution in [0.1, 0.15) is 31.2 Å². The van der Waals surface area contributed by atoms with Gasteiger partial charge in [0.15, 0.2) is 0 Å². The highest BCUT2D eigenvalue weighted by molar-refractivity contribution is 6.06. The zero-order chi connectivity index (χ0) is 19.7. The summed E-state index contributed by atoms with van der Waals surface area (Å²) in [5, 5.41) is 15.7. The smallest absolute Gasteiger partial charge is 0.325 e. The SMILES string of the molecule is N#CC1(NC(=O)CN2C(=O)N[C@H](Cc3c[nH]c4ccccc34)C2=O)CCCC1. The van der Waals surface area contributed by atoms with E-state index in [1.165, 1.54) is 0 Å². The number of fused-ring (bicyclic) bond motifs is 1. The molecule has 2 aromatic rings. The van der Waals surface area contributed by atoms with Crippen molar-refractivity contribution in [2.75, 3.05) is 6.54 Å². The third-order valence-electron chi connectivity index (χ3n) is 5.56. The Morgan fingerprint density at radius 2 is 2.04 bits per heavy atom. The van der Waals surface area contributed by atoms with Gasteiger partial charge in [0.25, 0.3) is 5.91 Å². The van der Waals surface area contributed by atoms with Gasteiger partial charge in [-0.25, -0.2) is 4.79 Å². The van der Waals surface area contributed by atoms with Crippen LogP contribution in [-0.4, -0.2) is 45.9 Å². The van der Waals surface area contributed by atoms with Crippen molar-refractivity contribution in [3.05, 3.63) is 36.0 Å². The van der Waals surface area contributed by atoms with Crippen molar-refractivity contribution < 1.29 is 14.4 Å². The van der Waals surface area contributed by atoms with E-state index in [9.17, 15) is 19.6 Å². The summed E-state index contributed by atoms with van der Waals surface area (Å²) in [6, 6.07) is 8.61. The quantitative estimate of drug-likeness (QED) is 0.684. The average molecular weight is 379 g/mol. The molecule has 1 saturated heterocycles. The van der Waals surface area contributed by atoms with Gasteiger partial charge in [-0.1, -0.05) is 18.2 Å². The number of rotatable bonds is 5. The summed E-state index contributed by atoms with van der Waals surface area (Å²) in [4.78, 5) is 41.4. The standard InChI is InChI=1S/C20H21N5O3/c21-12-20(7-3-4-8-20)24-17(26)11-25-18(27)16(23-19(25)28)9-13-10-22-15-6-2-1-5-14(13)15/h1-2,5-6,10,16,22H,3-4,7-9,11H2,(H,23,28)(H,24,26)/t16-/m1/s1. The first-order chi connectivity index (χ1) is 13.5. The first-order valence-corrected chi connectivity index (χ1v) is 9.40. The largest absolute Gasteiger partial charge is 0.361 e. The Labute approximate surface area is 161 Å². The van der Waals surface area contributed by atoms with Crippen LogP contribution in [0.3, 0.4) is 0 Å². The van der Waals surface area contributed by atoms with E-state index in [0.717, 1.165) is 34.2 Å². The van der Waals surface area contributed by atoms with Crippen LogP contribution in [-0.2, 0) is 16.0 Å². The van der Waals surface area contributed by atoms with E-state index in [4.69, 9.17) is 0 Å². The van der Waals surface area contributed by atoms with Crippen molar-refractivity contribution in [2.24, 2.45) is 0 Å². The molecule has 1 aliphatic heterocycles. The third kappa shape index (κ3) is 3.20. The van der Waals surface area contributed by atoms with Crippen molar-refractivity contribution in [3.63, 3.8) is 0 Å². The molecule has 0 bridgehead atoms. The molecule has 2 aliphatic rings. The van der Waals surface area contributed by atoms with Gasteiger partial charge in [0, 0.05) is 23.5 Å². The number of nitrogens with zero attached hydrogens (tertiary/aromatic N) is 2. The molecule has 0 unspecified atom stereocenters. The monoisotopic (exact) mass is 379 g/mol. The number of hydrogen-bond acceptors (Lipinski definition) is 4. The topological polar surface area (TPSA) is 118 Å². The summed E-state index contributed by atoms with van der Waals surface area (Å²) in [5.41, 5.74) is 1.01. The van der Waals surface area contributed by atoms with Crippen LogP contribution in [0, 0.1) is 11.3 Å². The van der Waals surface area contributed by atoms with Crippen molar-refractivity contribution in [2.45, 2.75) is 43.7 Å². The number of amides is 4. The van der Waals surface area contributed by atoms with Crippen LogP contribution in [0.5, 0.6) is 0 Å². The van der Waals surface area contributed by atoms with E-state index in [-0.39, 0.29) is 6.54 Å². The Kier molecular flexibility index (Phi) is 4.51. The molecule has 1 saturated carbocycles. The zero-order valence-electron chi connectivity index (χ0n) is 15.3. The number of nitriles is 1. The summed E-state index contributed by atoms with van der Waals surface area (Å²) >= 11 is 0. The van der Waals surface area contributed by atoms with Crippen LogP contribution in [0.4, 0.5) is 4.79 Å². The molecule has 2 fully saturated rings. The van der Waals surface area contributed by atoms with Gasteiger partial charge < -0.3 is 15.6 Å². The summed E-state index contributed by atoms with van der Waals surface area (Å²) in [7, 11) is 0. The summed E-state index contributed by atoms with van der Waals surface area (Å²) < 4.78 is 0. The van der Waals surface area contributed by atoms with Gasteiger partial charge in [0.1, 0.15) is 18.1 Å². The lowest BCUT2D eigenvalue weighted by Crippen LogP contribution is -2.50. The lowest BCUT2D eigenvalue weighted by atomic mass is 10.00. The second kappa shape index (κ2) is 7.00. The zero-order valence-corrected chi connectivity index (χ0v) is 15.3. The lowest BCUT2D eigenvalue weighted by Gasteiger charge is -2.23. The van der Waals surface area contributed by atoms with Gasteiger partial charge in [-0.3, -0.25) is 14.5 Å². The van der Waals surface area contributed by atoms with Crippen molar-refractivity contribution in [1.29, 1.82) is 5.26 Å². The number of benzene rings is 1. The maximum Gasteiger partial charge on any atom is 0.325 e. The van der Waals surface area contributed by atoms with Crippen LogP contribution < -0.4 is 10.6 Å². The molecule has 3 N–H and O–H groups in total. The van der Waals surface area contributed by atoms with Gasteiger partial charge in [0.05, 0.1) is 6.07 Å². The maximum absolute atomic E-state index is 12.7. The van der Waals surface area contributed by atoms with Crippen LogP contribution >= 0.6 is 0 Å². The Morgan fingerprint density at radius 1 is 1.29 bits per heavy atom. The van der Waals surface area contributed by atoms with E-state index in [1.54, 1.807) is 0 Å². The second-order valence-corrected chi connectivity index (χ2v) is 7.44. The highest BCUT2D eigenvalue weighted by Gasteiger charge is 2.41. The fourth-order valence-corrected chi connectivity index (χ4v) is 4.08. The number of aromatic nitrogens is 1. The normalized spacial score (nSPS) is 21.0. The number of aromatic amines is 1. The first-order valence-electron chi connectivity index (χ1n) is 9.40. The Bertz CT molecular complexity index is 983. The number of hydrogen-bond donors (Lipinski definition) is 3. The fraction of sp³-hybridized carbons (Fsp3) is 0.400. The second-order valence-electron chi connectivity index (χ2n) is 7.44. The van der Waals surface area contributed by atoms with Crippen molar-refractivity contribution >= 4 is 28.7 Å². The van der Waals surface area contributed by atoms with Gasteiger partial charge >= 0.3 is 6.03 Å². The number of carbonyl (C=O) groups excluding carboxylic acids is 3. The molecule has 8 heteroatoms. The van der Waals surface area contributed by atoms with Gasteiger partial charge in [-0.05, 0) is 37.3 Å². The predicted molar refractivity (Wildman–Crippen MR) is 101 cm³/mol. The summed E-state index contributed by atoms with van der Waals surface area (Å²) in [5.74, 6) is -0.914. The molecule has 0 spiro atoms. The van der Waals surface area contributed by atoms with E-state index in [1.807, 2.05) is 30.5 Å². The average Bonchev–Trinajstić information content (AvgIpc) is 3.38. The van der Waals surface area contributed by atoms with Gasteiger partial charge in [-0.2, -0.15) is 5.26 Å². The number of urea groups is 1. The molecule has 0 radical (unpaired) electrons. The predicted octanol–water partition coefficient (Wildman–Crippen LogP) is 1.58. The van der Waals surface area contributed by atoms with Crippen LogP contribution in [0.2, 0.25) is 0 Å². The third-order valence-corrected chi connectivity index (χ3v) is 5.56. The van der Waals surface area contributed by atoms with Crippen LogP contribution in [0.15, 0.2) is 30.5 Å². The van der Waals surface area contributed by atoms with E-state index < -0.39 is 29.4 Å². The highest BCUT2D eigenvalue weighted by Crippen LogP contribution is 2.29. The van der Waals surface area contributed by atoms with E-state index in [2.05, 4.69) is 21.7 Å². The van der Waals surface area contributed by atoms with Crippen molar-refractivity contribution in [3.8, 4) is 6.07 Å². The molecule has 4 rings (SSSR count). The van der Waals surface area contributed by atoms with E-state index in [0.29, 0.717) is 19.3 Å². The Balaban J connectivity index is 1.42. The fourth-order valence-electron chi connectivity index (χ4n) is 4.08.